The fourth-order valence-electron chi connectivity index (χ4n) is 4.87. The fourth-order valence-corrected chi connectivity index (χ4v) is 4.87. The Kier molecular flexibility index (Phi) is 7.28. The Balaban J connectivity index is 1.24. The van der Waals surface area contributed by atoms with E-state index in [0.29, 0.717) is 12.3 Å². The molecule has 178 valence electrons. The van der Waals surface area contributed by atoms with Crippen LogP contribution in [0.1, 0.15) is 34.6 Å². The Morgan fingerprint density at radius 2 is 1.73 bits per heavy atom. The van der Waals surface area contributed by atoms with Gasteiger partial charge in [-0.05, 0) is 66.3 Å². The van der Waals surface area contributed by atoms with Crippen LogP contribution >= 0.6 is 0 Å². The summed E-state index contributed by atoms with van der Waals surface area (Å²) >= 11 is 0. The van der Waals surface area contributed by atoms with Crippen LogP contribution < -0.4 is 19.5 Å². The number of carbonyl (C=O) groups excluding carboxylic acids is 1. The van der Waals surface area contributed by atoms with Gasteiger partial charge in [-0.15, -0.1) is 0 Å². The SMILES string of the molecule is COc1cc2c(cc1OC)[C@@H](CNCCCN1CCc3cc([OH+]C)c(OC)cc3CC1=O)C2. The maximum atomic E-state index is 12.8. The van der Waals surface area contributed by atoms with Gasteiger partial charge in [0, 0.05) is 31.6 Å². The number of hydrogen-bond donors (Lipinski definition) is 1. The van der Waals surface area contributed by atoms with Crippen molar-refractivity contribution in [1.29, 1.82) is 0 Å². The molecule has 2 N–H and O–H groups in total. The average molecular weight is 456 g/mol. The van der Waals surface area contributed by atoms with E-state index in [0.717, 1.165) is 74.0 Å². The van der Waals surface area contributed by atoms with Crippen LogP contribution in [0.5, 0.6) is 23.0 Å². The van der Waals surface area contributed by atoms with Gasteiger partial charge in [-0.1, -0.05) is 0 Å². The molecule has 0 saturated carbocycles. The normalized spacial score (nSPS) is 16.9. The first-order valence-electron chi connectivity index (χ1n) is 11.6. The zero-order valence-corrected chi connectivity index (χ0v) is 20.1. The van der Waals surface area contributed by atoms with Gasteiger partial charge in [-0.25, -0.2) is 0 Å². The molecule has 2 aliphatic rings. The van der Waals surface area contributed by atoms with Crippen molar-refractivity contribution in [2.75, 3.05) is 54.6 Å². The summed E-state index contributed by atoms with van der Waals surface area (Å²) in [6.07, 6.45) is 3.27. The summed E-state index contributed by atoms with van der Waals surface area (Å²) in [6, 6.07) is 8.22. The third-order valence-corrected chi connectivity index (χ3v) is 6.81. The minimum Gasteiger partial charge on any atom is -0.582 e. The van der Waals surface area contributed by atoms with Gasteiger partial charge in [0.1, 0.15) is 0 Å². The van der Waals surface area contributed by atoms with Crippen molar-refractivity contribution in [3.8, 4) is 23.0 Å². The molecule has 1 aliphatic carbocycles. The van der Waals surface area contributed by atoms with Gasteiger partial charge in [-0.2, -0.15) is 0 Å². The molecule has 0 spiro atoms. The van der Waals surface area contributed by atoms with Gasteiger partial charge in [0.2, 0.25) is 11.7 Å². The van der Waals surface area contributed by atoms with Gasteiger partial charge in [0.15, 0.2) is 18.6 Å². The number of aromatic hydroxyl groups is 1. The number of nitrogens with zero attached hydrogens (tertiary/aromatic N) is 1. The van der Waals surface area contributed by atoms with Crippen molar-refractivity contribution in [2.45, 2.75) is 31.6 Å². The predicted octanol–water partition coefficient (Wildman–Crippen LogP) is 2.83. The number of benzene rings is 2. The molecule has 1 amide bonds. The topological polar surface area (TPSA) is 72.8 Å². The van der Waals surface area contributed by atoms with Crippen LogP contribution in [0.25, 0.3) is 0 Å². The number of aliphatic hydroxyl groups is 1. The van der Waals surface area contributed by atoms with Crippen LogP contribution in [0.15, 0.2) is 24.3 Å². The maximum Gasteiger partial charge on any atom is 0.297 e. The summed E-state index contributed by atoms with van der Waals surface area (Å²) in [5.41, 5.74) is 4.93. The van der Waals surface area contributed by atoms with Crippen LogP contribution in [-0.2, 0) is 24.1 Å². The molecular weight excluding hydrogens is 420 g/mol. The predicted molar refractivity (Wildman–Crippen MR) is 128 cm³/mol. The van der Waals surface area contributed by atoms with E-state index in [-0.39, 0.29) is 5.91 Å². The lowest BCUT2D eigenvalue weighted by Crippen LogP contribution is -2.35. The second-order valence-corrected chi connectivity index (χ2v) is 8.69. The zero-order valence-electron chi connectivity index (χ0n) is 20.1. The molecule has 4 rings (SSSR count). The van der Waals surface area contributed by atoms with Gasteiger partial charge in [0.25, 0.3) is 5.75 Å². The van der Waals surface area contributed by atoms with Crippen LogP contribution in [0.4, 0.5) is 0 Å². The van der Waals surface area contributed by atoms with Gasteiger partial charge >= 0.3 is 0 Å². The second-order valence-electron chi connectivity index (χ2n) is 8.69. The van der Waals surface area contributed by atoms with Crippen molar-refractivity contribution in [3.63, 3.8) is 0 Å². The summed E-state index contributed by atoms with van der Waals surface area (Å²) < 4.78 is 20.6. The molecule has 0 radical (unpaired) electrons. The molecule has 1 atom stereocenters. The molecule has 7 nitrogen and oxygen atoms in total. The minimum absolute atomic E-state index is 0.186. The third kappa shape index (κ3) is 4.88. The van der Waals surface area contributed by atoms with E-state index in [9.17, 15) is 4.79 Å². The van der Waals surface area contributed by atoms with E-state index in [2.05, 4.69) is 28.3 Å². The Morgan fingerprint density at radius 1 is 1.00 bits per heavy atom. The molecule has 2 aromatic rings. The van der Waals surface area contributed by atoms with E-state index in [1.807, 2.05) is 11.0 Å². The highest BCUT2D eigenvalue weighted by molar-refractivity contribution is 5.80. The molecule has 33 heavy (non-hydrogen) atoms. The van der Waals surface area contributed by atoms with Crippen molar-refractivity contribution in [1.82, 2.24) is 10.2 Å². The van der Waals surface area contributed by atoms with Crippen molar-refractivity contribution >= 4 is 5.91 Å². The maximum absolute atomic E-state index is 12.8. The van der Waals surface area contributed by atoms with E-state index in [1.165, 1.54) is 16.7 Å². The van der Waals surface area contributed by atoms with E-state index in [1.54, 1.807) is 28.4 Å². The standard InChI is InChI=1S/C26H34N2O5/c1-30-22-11-17-6-9-28(26(29)14-18(17)12-23(22)31-2)8-5-7-27-16-20-10-19-13-24(32-3)25(33-4)15-21(19)20/h11-13,15,20,27H,5-10,14,16H2,1-4H3/p+1/t20-/m1/s1. The molecule has 7 heteroatoms. The summed E-state index contributed by atoms with van der Waals surface area (Å²) in [4.78, 5) is 14.8. The Morgan fingerprint density at radius 3 is 2.45 bits per heavy atom. The Bertz CT molecular complexity index is 1010. The van der Waals surface area contributed by atoms with Gasteiger partial charge < -0.3 is 29.2 Å². The lowest BCUT2D eigenvalue weighted by Gasteiger charge is -2.31. The second kappa shape index (κ2) is 10.3. The van der Waals surface area contributed by atoms with Crippen molar-refractivity contribution in [3.05, 3.63) is 46.5 Å². The van der Waals surface area contributed by atoms with Crippen molar-refractivity contribution in [2.24, 2.45) is 0 Å². The van der Waals surface area contributed by atoms with Crippen LogP contribution in [0.3, 0.4) is 0 Å². The number of fused-ring (bicyclic) bond motifs is 2. The largest absolute Gasteiger partial charge is 0.582 e. The monoisotopic (exact) mass is 455 g/mol. The molecule has 0 fully saturated rings. The number of methoxy groups -OCH3 is 3. The Labute approximate surface area is 196 Å². The highest BCUT2D eigenvalue weighted by Gasteiger charge is 2.28. The number of amides is 1. The molecule has 2 aromatic carbocycles. The highest BCUT2D eigenvalue weighted by atomic mass is 16.5. The molecule has 1 aliphatic heterocycles. The lowest BCUT2D eigenvalue weighted by atomic mass is 9.77. The van der Waals surface area contributed by atoms with Crippen LogP contribution in [-0.4, -0.2) is 70.2 Å². The minimum atomic E-state index is 0.186. The van der Waals surface area contributed by atoms with E-state index in [4.69, 9.17) is 14.2 Å². The number of hydrogen-bond acceptors (Lipinski definition) is 5. The third-order valence-electron chi connectivity index (χ3n) is 6.81. The fraction of sp³-hybridized carbons (Fsp3) is 0.500. The van der Waals surface area contributed by atoms with Crippen LogP contribution in [0.2, 0.25) is 0 Å². The zero-order chi connectivity index (χ0) is 23.4. The molecule has 1 heterocycles. The number of carbonyl (C=O) groups is 1. The smallest absolute Gasteiger partial charge is 0.297 e. The molecule has 0 aromatic heterocycles. The summed E-state index contributed by atoms with van der Waals surface area (Å²) in [5.74, 6) is 3.85. The number of ether oxygens (including phenoxy) is 4. The summed E-state index contributed by atoms with van der Waals surface area (Å²) in [5, 5.41) is 3.57. The summed E-state index contributed by atoms with van der Waals surface area (Å²) in [6.45, 7) is 3.35. The first-order chi connectivity index (χ1) is 16.1. The molecule has 0 unspecified atom stereocenters. The first kappa shape index (κ1) is 23.2. The summed E-state index contributed by atoms with van der Waals surface area (Å²) in [7, 11) is 6.75. The molecular formula is C26H35N2O5+. The van der Waals surface area contributed by atoms with Gasteiger partial charge in [-0.3, -0.25) is 4.79 Å². The van der Waals surface area contributed by atoms with Gasteiger partial charge in [0.05, 0.1) is 27.8 Å². The average Bonchev–Trinajstić information content (AvgIpc) is 2.97. The quantitative estimate of drug-likeness (QED) is 0.441. The van der Waals surface area contributed by atoms with Crippen LogP contribution in [0, 0.1) is 0 Å². The highest BCUT2D eigenvalue weighted by Crippen LogP contribution is 2.42. The molecule has 0 saturated heterocycles. The lowest BCUT2D eigenvalue weighted by molar-refractivity contribution is -0.130. The number of rotatable bonds is 10. The Hall–Kier alpha value is -2.93. The van der Waals surface area contributed by atoms with E-state index >= 15 is 0 Å². The van der Waals surface area contributed by atoms with E-state index < -0.39 is 0 Å². The first-order valence-corrected chi connectivity index (χ1v) is 11.6. The molecule has 0 bridgehead atoms. The number of nitrogens with one attached hydrogen (secondary N) is 1. The van der Waals surface area contributed by atoms with Crippen molar-refractivity contribution < 1.29 is 23.7 Å².